The van der Waals surface area contributed by atoms with Gasteiger partial charge in [-0.15, -0.1) is 0 Å². The van der Waals surface area contributed by atoms with E-state index in [0.29, 0.717) is 73.6 Å². The standard InChI is InChI=1S/C22H20F2N2O2.C21H20F2N2O2.C21H18F2N2O2.C15H16F2O2.4H2S/c1-13-17(6-7-18(23)20(13)24)22(21(27)28-3)9-8-15(11-22)14-4-5-16-12-25-26(2)19(16)10-14;2*1-12-16(5-6-17(22)19(12)23)21(20(26)27)8-7-14(10-21)13-3-4-15-11-24-25(2)18(15)9-13;1-9-6-7-15(8-9,14(18)19-3)11-4-5-12(16)13(17)10(11)2;;;;/h4-7,10-12H,8-9H2,1-3H3;3-6,9,11,14H,7-8,10H2,1-2H3,(H,26,27);3-6,9-11H,7-8H2,1-2H3,(H,26,27);4-5,8H,6-7H2,1-3H3;4*1H2/t22-;14?,21-;21-;15-;;;;/m0000..../s1. The van der Waals surface area contributed by atoms with Crippen LogP contribution in [-0.2, 0) is 71.5 Å². The zero-order chi connectivity index (χ0) is 72.9. The van der Waals surface area contributed by atoms with Crippen molar-refractivity contribution in [2.45, 2.75) is 120 Å². The number of hydrogen-bond acceptors (Lipinski definition) is 9. The third-order valence-corrected chi connectivity index (χ3v) is 21.0. The minimum Gasteiger partial charge on any atom is -0.481 e. The first-order chi connectivity index (χ1) is 48.0. The van der Waals surface area contributed by atoms with Crippen molar-refractivity contribution in [3.8, 4) is 0 Å². The van der Waals surface area contributed by atoms with E-state index in [1.165, 1.54) is 66.2 Å². The number of halogens is 8. The van der Waals surface area contributed by atoms with Crippen LogP contribution in [0.3, 0.4) is 0 Å². The van der Waals surface area contributed by atoms with E-state index in [1.807, 2.05) is 88.7 Å². The summed E-state index contributed by atoms with van der Waals surface area (Å²) in [6, 6.07) is 27.8. The normalized spacial score (nSPS) is 19.9. The van der Waals surface area contributed by atoms with Crippen LogP contribution >= 0.6 is 54.0 Å². The summed E-state index contributed by atoms with van der Waals surface area (Å²) < 4.78 is 125. The molecule has 10 aromatic rings. The van der Waals surface area contributed by atoms with Crippen molar-refractivity contribution >= 4 is 122 Å². The van der Waals surface area contributed by atoms with Gasteiger partial charge in [-0.25, -0.2) is 35.1 Å². The summed E-state index contributed by atoms with van der Waals surface area (Å²) in [4.78, 5) is 49.4. The number of ether oxygens (including phenoxy) is 2. The third-order valence-electron chi connectivity index (χ3n) is 21.0. The van der Waals surface area contributed by atoms with E-state index in [9.17, 15) is 64.5 Å². The molecule has 0 spiro atoms. The Kier molecular flexibility index (Phi) is 25.9. The fraction of sp³-hybridized carbons (Fsp3) is 0.304. The van der Waals surface area contributed by atoms with Crippen molar-refractivity contribution in [1.82, 2.24) is 29.3 Å². The first-order valence-electron chi connectivity index (χ1n) is 32.8. The maximum absolute atomic E-state index is 14.2. The summed E-state index contributed by atoms with van der Waals surface area (Å²) >= 11 is 0. The van der Waals surface area contributed by atoms with Gasteiger partial charge >= 0.3 is 23.9 Å². The van der Waals surface area contributed by atoms with Crippen LogP contribution in [-0.4, -0.2) is 77.7 Å². The number of benzene rings is 7. The number of allylic oxidation sites excluding steroid dienone is 3. The number of carboxylic acid groups (broad SMARTS) is 2. The van der Waals surface area contributed by atoms with Crippen LogP contribution in [0.15, 0.2) is 146 Å². The number of nitrogens with zero attached hydrogens (tertiary/aromatic N) is 6. The number of methoxy groups -OCH3 is 2. The molecule has 1 unspecified atom stereocenters. The number of hydrogen-bond donors (Lipinski definition) is 2. The Labute approximate surface area is 630 Å². The fourth-order valence-corrected chi connectivity index (χ4v) is 15.4. The highest BCUT2D eigenvalue weighted by molar-refractivity contribution is 7.59. The van der Waals surface area contributed by atoms with Gasteiger partial charge in [-0.2, -0.15) is 69.3 Å². The van der Waals surface area contributed by atoms with E-state index in [2.05, 4.69) is 15.3 Å². The van der Waals surface area contributed by atoms with Gasteiger partial charge < -0.3 is 19.7 Å². The second kappa shape index (κ2) is 32.7. The topological polar surface area (TPSA) is 181 Å². The van der Waals surface area contributed by atoms with Crippen LogP contribution in [0.1, 0.15) is 132 Å². The second-order valence-corrected chi connectivity index (χ2v) is 26.7. The lowest BCUT2D eigenvalue weighted by Crippen LogP contribution is -2.34. The lowest BCUT2D eigenvalue weighted by atomic mass is 9.75. The average Bonchev–Trinajstić information content (AvgIpc) is 1.68. The molecular formula is C79H82F8N6O8S4. The third kappa shape index (κ3) is 15.1. The van der Waals surface area contributed by atoms with Crippen molar-refractivity contribution in [2.75, 3.05) is 14.2 Å². The van der Waals surface area contributed by atoms with Gasteiger partial charge in [-0.3, -0.25) is 33.2 Å². The van der Waals surface area contributed by atoms with Crippen LogP contribution in [0.2, 0.25) is 0 Å². The Balaban J connectivity index is 0.000000195. The Bertz CT molecular complexity index is 5130. The Hall–Kier alpha value is -9.11. The first-order valence-corrected chi connectivity index (χ1v) is 32.8. The average molecular weight is 1520 g/mol. The van der Waals surface area contributed by atoms with Gasteiger partial charge in [0.15, 0.2) is 46.5 Å². The molecular weight excluding hydrogens is 1440 g/mol. The number of carboxylic acids is 2. The van der Waals surface area contributed by atoms with Gasteiger partial charge in [0.25, 0.3) is 0 Å². The highest BCUT2D eigenvalue weighted by atomic mass is 32.1. The predicted octanol–water partition coefficient (Wildman–Crippen LogP) is 17.1. The quantitative estimate of drug-likeness (QED) is 0.0714. The number of aromatic nitrogens is 6. The summed E-state index contributed by atoms with van der Waals surface area (Å²) in [5, 5.41) is 35.8. The molecule has 0 saturated heterocycles. The molecule has 26 heteroatoms. The van der Waals surface area contributed by atoms with E-state index in [-0.39, 0.29) is 82.2 Å². The zero-order valence-corrected chi connectivity index (χ0v) is 63.3. The van der Waals surface area contributed by atoms with Gasteiger partial charge in [-0.1, -0.05) is 84.5 Å². The number of rotatable bonds is 11. The van der Waals surface area contributed by atoms with Gasteiger partial charge in [0.05, 0.1) is 54.8 Å². The largest absolute Gasteiger partial charge is 0.481 e. The smallest absolute Gasteiger partial charge is 0.320 e. The van der Waals surface area contributed by atoms with Crippen LogP contribution in [0, 0.1) is 74.2 Å². The van der Waals surface area contributed by atoms with Gasteiger partial charge in [0, 0.05) is 37.3 Å². The van der Waals surface area contributed by atoms with Crippen LogP contribution < -0.4 is 0 Å². The number of aryl methyl sites for hydroxylation is 3. The molecule has 0 radical (unpaired) electrons. The summed E-state index contributed by atoms with van der Waals surface area (Å²) in [5.41, 5.74) is 6.07. The van der Waals surface area contributed by atoms with Crippen molar-refractivity contribution in [3.63, 3.8) is 0 Å². The van der Waals surface area contributed by atoms with Crippen molar-refractivity contribution < 1.29 is 74.0 Å². The van der Waals surface area contributed by atoms with Crippen LogP contribution in [0.25, 0.3) is 43.9 Å². The molecule has 0 aliphatic heterocycles. The highest BCUT2D eigenvalue weighted by Gasteiger charge is 2.50. The number of esters is 2. The number of fused-ring (bicyclic) bond motifs is 3. The Morgan fingerprint density at radius 3 is 1.18 bits per heavy atom. The number of carbonyl (C=O) groups excluding carboxylic acids is 2. The van der Waals surface area contributed by atoms with E-state index >= 15 is 0 Å². The van der Waals surface area contributed by atoms with Crippen LogP contribution in [0.5, 0.6) is 0 Å². The zero-order valence-electron chi connectivity index (χ0n) is 59.3. The molecule has 0 bridgehead atoms. The molecule has 1 saturated carbocycles. The molecule has 3 heterocycles. The monoisotopic (exact) mass is 1520 g/mol. The van der Waals surface area contributed by atoms with Crippen molar-refractivity contribution in [1.29, 1.82) is 0 Å². The summed E-state index contributed by atoms with van der Waals surface area (Å²) in [7, 11) is 8.21. The molecule has 3 aromatic heterocycles. The SMILES string of the molecule is COC(=O)[C@]1(c2ccc(F)c(F)c2C)C=C(C)CC1.COC(=O)[C@]1(c2ccc(F)c(F)c2C)C=C(c2ccc3cnn(C)c3c2)CC1.Cc1c([C@@]2(C(=O)O)C=C(c3ccc4cnn(C)c4c3)CC2)ccc(F)c1F.Cc1c([C@]2(C(=O)O)CCC(c3ccc4cnn(C)c4c3)C2)ccc(F)c1F.S.S.S.S. The van der Waals surface area contributed by atoms with E-state index in [0.717, 1.165) is 96.8 Å². The molecule has 1 fully saturated rings. The van der Waals surface area contributed by atoms with Crippen LogP contribution in [0.4, 0.5) is 35.1 Å². The fourth-order valence-electron chi connectivity index (χ4n) is 15.4. The molecule has 105 heavy (non-hydrogen) atoms. The van der Waals surface area contributed by atoms with Gasteiger partial charge in [-0.05, 0) is 213 Å². The second-order valence-electron chi connectivity index (χ2n) is 26.7. The van der Waals surface area contributed by atoms with E-state index in [1.54, 1.807) is 44.8 Å². The highest BCUT2D eigenvalue weighted by Crippen LogP contribution is 2.52. The lowest BCUT2D eigenvalue weighted by molar-refractivity contribution is -0.146. The predicted molar refractivity (Wildman–Crippen MR) is 408 cm³/mol. The number of aliphatic carboxylic acids is 2. The molecule has 556 valence electrons. The molecule has 5 atom stereocenters. The summed E-state index contributed by atoms with van der Waals surface area (Å²) in [5.74, 6) is -10.5. The summed E-state index contributed by atoms with van der Waals surface area (Å²) in [6.45, 7) is 7.77. The van der Waals surface area contributed by atoms with Crippen molar-refractivity contribution in [2.24, 2.45) is 21.1 Å². The first kappa shape index (κ1) is 83.2. The van der Waals surface area contributed by atoms with Crippen molar-refractivity contribution in [3.05, 3.63) is 253 Å². The van der Waals surface area contributed by atoms with E-state index in [4.69, 9.17) is 9.47 Å². The van der Waals surface area contributed by atoms with Gasteiger partial charge in [0.1, 0.15) is 16.2 Å². The minimum atomic E-state index is -1.37. The Morgan fingerprint density at radius 1 is 0.438 bits per heavy atom. The number of carbonyl (C=O) groups is 4. The minimum absolute atomic E-state index is 0. The summed E-state index contributed by atoms with van der Waals surface area (Å²) in [6.07, 6.45) is 15.3. The Morgan fingerprint density at radius 2 is 0.790 bits per heavy atom. The molecule has 7 aromatic carbocycles. The molecule has 4 aliphatic rings. The van der Waals surface area contributed by atoms with Gasteiger partial charge in [0.2, 0.25) is 0 Å². The molecule has 0 amide bonds. The molecule has 14 rings (SSSR count). The maximum atomic E-state index is 14.2. The molecule has 14 nitrogen and oxygen atoms in total. The van der Waals surface area contributed by atoms with E-state index < -0.39 is 92.1 Å². The maximum Gasteiger partial charge on any atom is 0.320 e. The molecule has 2 N–H and O–H groups in total. The molecule has 4 aliphatic carbocycles. The lowest BCUT2D eigenvalue weighted by Gasteiger charge is -2.27.